The van der Waals surface area contributed by atoms with E-state index in [4.69, 9.17) is 10.5 Å². The largest absolute Gasteiger partial charge is 0.485 e. The summed E-state index contributed by atoms with van der Waals surface area (Å²) in [5.41, 5.74) is 4.54. The molecular weight excluding hydrogens is 228 g/mol. The van der Waals surface area contributed by atoms with E-state index in [9.17, 15) is 13.9 Å². The Bertz CT molecular complexity index is 371. The van der Waals surface area contributed by atoms with E-state index in [2.05, 4.69) is 0 Å². The average Bonchev–Trinajstić information content (AvgIpc) is 2.27. The van der Waals surface area contributed by atoms with Crippen molar-refractivity contribution in [1.82, 2.24) is 0 Å². The zero-order valence-corrected chi connectivity index (χ0v) is 9.96. The number of hydrogen-bond acceptors (Lipinski definition) is 3. The van der Waals surface area contributed by atoms with Gasteiger partial charge in [-0.2, -0.15) is 0 Å². The molecule has 1 atom stereocenters. The van der Waals surface area contributed by atoms with Crippen molar-refractivity contribution < 1.29 is 18.6 Å². The van der Waals surface area contributed by atoms with Crippen LogP contribution in [-0.4, -0.2) is 17.3 Å². The molecule has 5 heteroatoms. The van der Waals surface area contributed by atoms with Gasteiger partial charge in [0, 0.05) is 6.54 Å². The van der Waals surface area contributed by atoms with Gasteiger partial charge in [-0.25, -0.2) is 8.78 Å². The second-order valence-corrected chi connectivity index (χ2v) is 4.23. The van der Waals surface area contributed by atoms with Crippen LogP contribution in [0.1, 0.15) is 25.8 Å². The molecular formula is C12H17F2NO2. The van der Waals surface area contributed by atoms with Crippen LogP contribution in [0, 0.1) is 11.6 Å². The first-order chi connectivity index (χ1) is 7.89. The maximum absolute atomic E-state index is 13.5. The van der Waals surface area contributed by atoms with Crippen molar-refractivity contribution in [3.8, 4) is 5.75 Å². The Balaban J connectivity index is 2.85. The minimum absolute atomic E-state index is 0.0563. The molecule has 17 heavy (non-hydrogen) atoms. The lowest BCUT2D eigenvalue weighted by molar-refractivity contribution is 0.00611. The molecule has 0 fully saturated rings. The Kier molecular flexibility index (Phi) is 4.42. The Hall–Kier alpha value is -1.20. The van der Waals surface area contributed by atoms with E-state index in [1.54, 1.807) is 6.92 Å². The Labute approximate surface area is 99.2 Å². The summed E-state index contributed by atoms with van der Waals surface area (Å²) < 4.78 is 31.9. The molecule has 0 spiro atoms. The third kappa shape index (κ3) is 3.64. The van der Waals surface area contributed by atoms with Gasteiger partial charge < -0.3 is 15.6 Å². The van der Waals surface area contributed by atoms with Crippen LogP contribution in [0.25, 0.3) is 0 Å². The standard InChI is InChI=1S/C12H17F2NO2/c1-3-12(2,16)7-17-11-9(13)4-8(6-15)5-10(11)14/h4-5,16H,3,6-7,15H2,1-2H3. The molecule has 3 nitrogen and oxygen atoms in total. The van der Waals surface area contributed by atoms with E-state index in [-0.39, 0.29) is 13.2 Å². The molecule has 0 bridgehead atoms. The van der Waals surface area contributed by atoms with E-state index < -0.39 is 23.0 Å². The van der Waals surface area contributed by atoms with E-state index in [0.29, 0.717) is 12.0 Å². The molecule has 0 aromatic heterocycles. The Morgan fingerprint density at radius 2 is 1.88 bits per heavy atom. The van der Waals surface area contributed by atoms with Gasteiger partial charge >= 0.3 is 0 Å². The monoisotopic (exact) mass is 245 g/mol. The molecule has 0 saturated heterocycles. The molecule has 0 aliphatic rings. The highest BCUT2D eigenvalue weighted by atomic mass is 19.1. The first kappa shape index (κ1) is 13.9. The molecule has 1 aromatic carbocycles. The summed E-state index contributed by atoms with van der Waals surface area (Å²) >= 11 is 0. The fourth-order valence-electron chi connectivity index (χ4n) is 1.20. The van der Waals surface area contributed by atoms with Gasteiger partial charge in [0.05, 0.1) is 5.60 Å². The lowest BCUT2D eigenvalue weighted by Gasteiger charge is -2.21. The molecule has 0 amide bonds. The van der Waals surface area contributed by atoms with Crippen LogP contribution in [0.15, 0.2) is 12.1 Å². The molecule has 0 radical (unpaired) electrons. The third-order valence-electron chi connectivity index (χ3n) is 2.58. The van der Waals surface area contributed by atoms with Crippen LogP contribution in [0.4, 0.5) is 8.78 Å². The van der Waals surface area contributed by atoms with E-state index in [0.717, 1.165) is 12.1 Å². The van der Waals surface area contributed by atoms with E-state index >= 15 is 0 Å². The molecule has 1 rings (SSSR count). The van der Waals surface area contributed by atoms with Crippen LogP contribution >= 0.6 is 0 Å². The molecule has 0 aliphatic heterocycles. The zero-order chi connectivity index (χ0) is 13.1. The highest BCUT2D eigenvalue weighted by Crippen LogP contribution is 2.24. The molecule has 1 unspecified atom stereocenters. The smallest absolute Gasteiger partial charge is 0.190 e. The summed E-state index contributed by atoms with van der Waals surface area (Å²) in [6.07, 6.45) is 0.428. The number of ether oxygens (including phenoxy) is 1. The molecule has 1 aromatic rings. The molecule has 0 heterocycles. The molecule has 96 valence electrons. The fraction of sp³-hybridized carbons (Fsp3) is 0.500. The number of nitrogens with two attached hydrogens (primary N) is 1. The summed E-state index contributed by atoms with van der Waals surface area (Å²) in [4.78, 5) is 0. The topological polar surface area (TPSA) is 55.5 Å². The van der Waals surface area contributed by atoms with Gasteiger partial charge in [0.1, 0.15) is 6.61 Å². The Morgan fingerprint density at radius 3 is 2.29 bits per heavy atom. The van der Waals surface area contributed by atoms with Crippen molar-refractivity contribution in [2.75, 3.05) is 6.61 Å². The van der Waals surface area contributed by atoms with Gasteiger partial charge in [0.15, 0.2) is 17.4 Å². The maximum atomic E-state index is 13.5. The highest BCUT2D eigenvalue weighted by Gasteiger charge is 2.21. The number of aliphatic hydroxyl groups is 1. The van der Waals surface area contributed by atoms with Crippen molar-refractivity contribution >= 4 is 0 Å². The zero-order valence-electron chi connectivity index (χ0n) is 9.96. The maximum Gasteiger partial charge on any atom is 0.190 e. The number of benzene rings is 1. The van der Waals surface area contributed by atoms with Gasteiger partial charge in [0.2, 0.25) is 0 Å². The molecule has 0 saturated carbocycles. The quantitative estimate of drug-likeness (QED) is 0.833. The number of halogens is 2. The first-order valence-corrected chi connectivity index (χ1v) is 5.43. The van der Waals surface area contributed by atoms with Crippen molar-refractivity contribution in [3.05, 3.63) is 29.3 Å². The van der Waals surface area contributed by atoms with Crippen molar-refractivity contribution in [2.45, 2.75) is 32.4 Å². The normalized spacial score (nSPS) is 14.5. The first-order valence-electron chi connectivity index (χ1n) is 5.43. The van der Waals surface area contributed by atoms with Gasteiger partial charge in [-0.3, -0.25) is 0 Å². The van der Waals surface area contributed by atoms with E-state index in [1.807, 2.05) is 0 Å². The van der Waals surface area contributed by atoms with Crippen LogP contribution < -0.4 is 10.5 Å². The van der Waals surface area contributed by atoms with Crippen LogP contribution in [0.3, 0.4) is 0 Å². The summed E-state index contributed by atoms with van der Waals surface area (Å²) in [5, 5.41) is 9.68. The lowest BCUT2D eigenvalue weighted by Crippen LogP contribution is -2.31. The lowest BCUT2D eigenvalue weighted by atomic mass is 10.1. The third-order valence-corrected chi connectivity index (χ3v) is 2.58. The molecule has 3 N–H and O–H groups in total. The van der Waals surface area contributed by atoms with Crippen molar-refractivity contribution in [1.29, 1.82) is 0 Å². The predicted octanol–water partition coefficient (Wildman–Crippen LogP) is 1.96. The Morgan fingerprint density at radius 1 is 1.35 bits per heavy atom. The predicted molar refractivity (Wildman–Crippen MR) is 60.7 cm³/mol. The van der Waals surface area contributed by atoms with Crippen LogP contribution in [-0.2, 0) is 6.54 Å². The summed E-state index contributed by atoms with van der Waals surface area (Å²) in [7, 11) is 0. The van der Waals surface area contributed by atoms with Gasteiger partial charge in [-0.05, 0) is 31.0 Å². The highest BCUT2D eigenvalue weighted by molar-refractivity contribution is 5.31. The van der Waals surface area contributed by atoms with Gasteiger partial charge in [0.25, 0.3) is 0 Å². The minimum atomic E-state index is -1.11. The van der Waals surface area contributed by atoms with Crippen molar-refractivity contribution in [2.24, 2.45) is 5.73 Å². The SMILES string of the molecule is CCC(C)(O)COc1c(F)cc(CN)cc1F. The summed E-state index contributed by atoms with van der Waals surface area (Å²) in [6, 6.07) is 2.25. The van der Waals surface area contributed by atoms with Gasteiger partial charge in [-0.1, -0.05) is 6.92 Å². The van der Waals surface area contributed by atoms with Crippen molar-refractivity contribution in [3.63, 3.8) is 0 Å². The second kappa shape index (κ2) is 5.42. The van der Waals surface area contributed by atoms with E-state index in [1.165, 1.54) is 6.92 Å². The fourth-order valence-corrected chi connectivity index (χ4v) is 1.20. The minimum Gasteiger partial charge on any atom is -0.485 e. The average molecular weight is 245 g/mol. The summed E-state index contributed by atoms with van der Waals surface area (Å²) in [6.45, 7) is 3.19. The van der Waals surface area contributed by atoms with Crippen LogP contribution in [0.2, 0.25) is 0 Å². The van der Waals surface area contributed by atoms with Crippen LogP contribution in [0.5, 0.6) is 5.75 Å². The second-order valence-electron chi connectivity index (χ2n) is 4.23. The summed E-state index contributed by atoms with van der Waals surface area (Å²) in [5.74, 6) is -2.09. The molecule has 0 aliphatic carbocycles. The number of hydrogen-bond donors (Lipinski definition) is 2. The number of rotatable bonds is 5. The van der Waals surface area contributed by atoms with Gasteiger partial charge in [-0.15, -0.1) is 0 Å².